The summed E-state index contributed by atoms with van der Waals surface area (Å²) in [4.78, 5) is 24.6. The van der Waals surface area contributed by atoms with Crippen LogP contribution in [0.1, 0.15) is 45.5 Å². The highest BCUT2D eigenvalue weighted by molar-refractivity contribution is 5.98. The third-order valence-corrected chi connectivity index (χ3v) is 4.06. The molecule has 0 fully saturated rings. The van der Waals surface area contributed by atoms with Crippen molar-refractivity contribution in [2.75, 3.05) is 5.32 Å². The third kappa shape index (κ3) is 3.67. The molecular formula is C19H23NO4. The van der Waals surface area contributed by atoms with Gasteiger partial charge in [-0.2, -0.15) is 0 Å². The monoisotopic (exact) mass is 329 g/mol. The van der Waals surface area contributed by atoms with Crippen molar-refractivity contribution < 1.29 is 18.7 Å². The van der Waals surface area contributed by atoms with Gasteiger partial charge in [-0.25, -0.2) is 4.79 Å². The Morgan fingerprint density at radius 1 is 1.08 bits per heavy atom. The van der Waals surface area contributed by atoms with Crippen molar-refractivity contribution in [3.8, 4) is 0 Å². The van der Waals surface area contributed by atoms with Gasteiger partial charge in [-0.05, 0) is 53.2 Å². The standard InChI is InChI=1S/C19H23NO4/c1-10-7-8-16(11(2)9-10)20-18(21)15(6)24-19(22)17-12(3)13(4)23-14(17)5/h7-9,15H,1-6H3,(H,20,21)/t15-/m1/s1. The molecule has 0 unspecified atom stereocenters. The van der Waals surface area contributed by atoms with Crippen molar-refractivity contribution >= 4 is 17.6 Å². The molecule has 0 bridgehead atoms. The maximum absolute atomic E-state index is 12.3. The lowest BCUT2D eigenvalue weighted by Gasteiger charge is -2.15. The maximum atomic E-state index is 12.3. The number of aryl methyl sites for hydroxylation is 4. The quantitative estimate of drug-likeness (QED) is 0.861. The molecule has 0 aliphatic heterocycles. The SMILES string of the molecule is Cc1ccc(NC(=O)[C@@H](C)OC(=O)c2c(C)oc(C)c2C)c(C)c1. The van der Waals surface area contributed by atoms with Gasteiger partial charge in [-0.15, -0.1) is 0 Å². The van der Waals surface area contributed by atoms with Gasteiger partial charge in [0.25, 0.3) is 5.91 Å². The van der Waals surface area contributed by atoms with E-state index in [1.54, 1.807) is 27.7 Å². The second kappa shape index (κ2) is 6.91. The number of ether oxygens (including phenoxy) is 1. The van der Waals surface area contributed by atoms with Gasteiger partial charge in [0.05, 0.1) is 0 Å². The number of amides is 1. The van der Waals surface area contributed by atoms with E-state index >= 15 is 0 Å². The zero-order valence-electron chi connectivity index (χ0n) is 14.9. The summed E-state index contributed by atoms with van der Waals surface area (Å²) in [6.07, 6.45) is -0.910. The van der Waals surface area contributed by atoms with Crippen LogP contribution in [0.25, 0.3) is 0 Å². The molecule has 2 rings (SSSR count). The number of carbonyl (C=O) groups is 2. The smallest absolute Gasteiger partial charge is 0.342 e. The summed E-state index contributed by atoms with van der Waals surface area (Å²) in [7, 11) is 0. The lowest BCUT2D eigenvalue weighted by molar-refractivity contribution is -0.123. The minimum absolute atomic E-state index is 0.370. The zero-order chi connectivity index (χ0) is 18.0. The molecule has 0 radical (unpaired) electrons. The van der Waals surface area contributed by atoms with Gasteiger partial charge >= 0.3 is 5.97 Å². The molecule has 1 heterocycles. The van der Waals surface area contributed by atoms with Crippen LogP contribution in [0.3, 0.4) is 0 Å². The van der Waals surface area contributed by atoms with E-state index in [2.05, 4.69) is 5.32 Å². The van der Waals surface area contributed by atoms with Crippen molar-refractivity contribution in [3.63, 3.8) is 0 Å². The molecule has 1 aromatic carbocycles. The van der Waals surface area contributed by atoms with Crippen molar-refractivity contribution in [2.24, 2.45) is 0 Å². The summed E-state index contributed by atoms with van der Waals surface area (Å²) in [5, 5.41) is 2.79. The molecule has 1 atom stereocenters. The molecule has 5 heteroatoms. The highest BCUT2D eigenvalue weighted by Gasteiger charge is 2.24. The lowest BCUT2D eigenvalue weighted by atomic mass is 10.1. The molecule has 0 spiro atoms. The molecule has 0 aliphatic rings. The normalized spacial score (nSPS) is 11.9. The molecule has 2 aromatic rings. The Labute approximate surface area is 142 Å². The summed E-state index contributed by atoms with van der Waals surface area (Å²) in [6, 6.07) is 5.73. The maximum Gasteiger partial charge on any atom is 0.342 e. The number of carbonyl (C=O) groups excluding carboxylic acids is 2. The molecule has 24 heavy (non-hydrogen) atoms. The fourth-order valence-corrected chi connectivity index (χ4v) is 2.56. The Morgan fingerprint density at radius 3 is 2.29 bits per heavy atom. The average Bonchev–Trinajstić information content (AvgIpc) is 2.74. The third-order valence-electron chi connectivity index (χ3n) is 4.06. The molecule has 0 saturated heterocycles. The van der Waals surface area contributed by atoms with Crippen LogP contribution in [0.2, 0.25) is 0 Å². The van der Waals surface area contributed by atoms with Gasteiger partial charge < -0.3 is 14.5 Å². The van der Waals surface area contributed by atoms with Gasteiger partial charge in [-0.3, -0.25) is 4.79 Å². The summed E-state index contributed by atoms with van der Waals surface area (Å²) >= 11 is 0. The minimum atomic E-state index is -0.910. The van der Waals surface area contributed by atoms with Crippen molar-refractivity contribution in [3.05, 3.63) is 52.0 Å². The van der Waals surface area contributed by atoms with Crippen molar-refractivity contribution in [1.82, 2.24) is 0 Å². The Morgan fingerprint density at radius 2 is 1.75 bits per heavy atom. The lowest BCUT2D eigenvalue weighted by Crippen LogP contribution is -2.30. The zero-order valence-corrected chi connectivity index (χ0v) is 14.9. The van der Waals surface area contributed by atoms with Crippen LogP contribution >= 0.6 is 0 Å². The van der Waals surface area contributed by atoms with Crippen molar-refractivity contribution in [1.29, 1.82) is 0 Å². The van der Waals surface area contributed by atoms with E-state index in [9.17, 15) is 9.59 Å². The molecule has 1 N–H and O–H groups in total. The Balaban J connectivity index is 2.07. The van der Waals surface area contributed by atoms with E-state index in [0.29, 0.717) is 22.8 Å². The van der Waals surface area contributed by atoms with Crippen LogP contribution in [-0.4, -0.2) is 18.0 Å². The average molecular weight is 329 g/mol. The topological polar surface area (TPSA) is 68.5 Å². The first-order valence-electron chi connectivity index (χ1n) is 7.86. The van der Waals surface area contributed by atoms with Crippen LogP contribution in [-0.2, 0) is 9.53 Å². The summed E-state index contributed by atoms with van der Waals surface area (Å²) < 4.78 is 10.7. The minimum Gasteiger partial charge on any atom is -0.465 e. The first kappa shape index (κ1) is 17.8. The van der Waals surface area contributed by atoms with E-state index in [-0.39, 0.29) is 5.91 Å². The summed E-state index contributed by atoms with van der Waals surface area (Å²) in [5.41, 5.74) is 3.91. The number of esters is 1. The summed E-state index contributed by atoms with van der Waals surface area (Å²) in [6.45, 7) is 10.7. The van der Waals surface area contributed by atoms with E-state index in [1.807, 2.05) is 32.0 Å². The van der Waals surface area contributed by atoms with Crippen LogP contribution in [0.4, 0.5) is 5.69 Å². The van der Waals surface area contributed by atoms with Gasteiger partial charge in [0.15, 0.2) is 6.10 Å². The highest BCUT2D eigenvalue weighted by Crippen LogP contribution is 2.22. The number of furan rings is 1. The predicted octanol–water partition coefficient (Wildman–Crippen LogP) is 4.01. The predicted molar refractivity (Wildman–Crippen MR) is 92.3 cm³/mol. The van der Waals surface area contributed by atoms with Gasteiger partial charge in [0.1, 0.15) is 17.1 Å². The van der Waals surface area contributed by atoms with Crippen LogP contribution in [0, 0.1) is 34.6 Å². The molecule has 5 nitrogen and oxygen atoms in total. The number of hydrogen-bond acceptors (Lipinski definition) is 4. The molecule has 0 saturated carbocycles. The van der Waals surface area contributed by atoms with Gasteiger partial charge in [0.2, 0.25) is 0 Å². The van der Waals surface area contributed by atoms with E-state index in [4.69, 9.17) is 9.15 Å². The largest absolute Gasteiger partial charge is 0.465 e. The second-order valence-electron chi connectivity index (χ2n) is 6.07. The Bertz CT molecular complexity index is 789. The first-order valence-corrected chi connectivity index (χ1v) is 7.86. The van der Waals surface area contributed by atoms with Gasteiger partial charge in [0, 0.05) is 11.3 Å². The number of anilines is 1. The number of nitrogens with one attached hydrogen (secondary N) is 1. The first-order chi connectivity index (χ1) is 11.2. The number of hydrogen-bond donors (Lipinski definition) is 1. The Kier molecular flexibility index (Phi) is 5.12. The van der Waals surface area contributed by atoms with Crippen LogP contribution < -0.4 is 5.32 Å². The highest BCUT2D eigenvalue weighted by atomic mass is 16.5. The second-order valence-corrected chi connectivity index (χ2v) is 6.07. The van der Waals surface area contributed by atoms with E-state index < -0.39 is 12.1 Å². The molecule has 128 valence electrons. The Hall–Kier alpha value is -2.56. The number of benzene rings is 1. The molecule has 1 aromatic heterocycles. The number of rotatable bonds is 4. The van der Waals surface area contributed by atoms with Crippen LogP contribution in [0.5, 0.6) is 0 Å². The van der Waals surface area contributed by atoms with E-state index in [0.717, 1.165) is 16.7 Å². The molecule has 0 aliphatic carbocycles. The fraction of sp³-hybridized carbons (Fsp3) is 0.368. The van der Waals surface area contributed by atoms with Crippen LogP contribution in [0.15, 0.2) is 22.6 Å². The summed E-state index contributed by atoms with van der Waals surface area (Å²) in [5.74, 6) is 0.250. The van der Waals surface area contributed by atoms with E-state index in [1.165, 1.54) is 0 Å². The molecular weight excluding hydrogens is 306 g/mol. The molecule has 1 amide bonds. The van der Waals surface area contributed by atoms with Gasteiger partial charge in [-0.1, -0.05) is 17.7 Å². The fourth-order valence-electron chi connectivity index (χ4n) is 2.56. The van der Waals surface area contributed by atoms with Crippen molar-refractivity contribution in [2.45, 2.75) is 47.6 Å².